The Morgan fingerprint density at radius 1 is 1.13 bits per heavy atom. The minimum atomic E-state index is 0. The summed E-state index contributed by atoms with van der Waals surface area (Å²) in [7, 11) is 0. The van der Waals surface area contributed by atoms with Gasteiger partial charge in [0.15, 0.2) is 5.96 Å². The molecule has 1 saturated heterocycles. The maximum atomic E-state index is 5.70. The Bertz CT molecular complexity index is 704. The average Bonchev–Trinajstić information content (AvgIpc) is 3.46. The zero-order chi connectivity index (χ0) is 20.2. The summed E-state index contributed by atoms with van der Waals surface area (Å²) < 4.78 is 5.70. The first-order valence-corrected chi connectivity index (χ1v) is 10.8. The molecule has 1 unspecified atom stereocenters. The molecule has 0 radical (unpaired) electrons. The first-order valence-electron chi connectivity index (χ1n) is 10.8. The van der Waals surface area contributed by atoms with Crippen LogP contribution in [0.15, 0.2) is 52.2 Å². The zero-order valence-corrected chi connectivity index (χ0v) is 20.2. The van der Waals surface area contributed by atoms with Crippen molar-refractivity contribution in [3.05, 3.63) is 48.6 Å². The molecule has 0 amide bonds. The van der Waals surface area contributed by atoms with Crippen molar-refractivity contribution in [3.63, 3.8) is 0 Å². The van der Waals surface area contributed by atoms with Gasteiger partial charge in [-0.25, -0.2) is 4.98 Å². The SMILES string of the molecule is CCNC(=NCC(c1ccco1)N1CCCC1)NCCCCNc1ccccn1.I. The van der Waals surface area contributed by atoms with Gasteiger partial charge in [-0.2, -0.15) is 0 Å². The molecule has 1 aliphatic heterocycles. The van der Waals surface area contributed by atoms with E-state index < -0.39 is 0 Å². The molecule has 7 nitrogen and oxygen atoms in total. The summed E-state index contributed by atoms with van der Waals surface area (Å²) in [5.41, 5.74) is 0. The van der Waals surface area contributed by atoms with Crippen LogP contribution in [0, 0.1) is 0 Å². The van der Waals surface area contributed by atoms with E-state index in [1.807, 2.05) is 24.3 Å². The van der Waals surface area contributed by atoms with E-state index in [1.165, 1.54) is 12.8 Å². The highest BCUT2D eigenvalue weighted by molar-refractivity contribution is 14.0. The van der Waals surface area contributed by atoms with Gasteiger partial charge in [-0.15, -0.1) is 24.0 Å². The van der Waals surface area contributed by atoms with Crippen molar-refractivity contribution < 1.29 is 4.42 Å². The second-order valence-corrected chi connectivity index (χ2v) is 7.27. The molecule has 0 aromatic carbocycles. The van der Waals surface area contributed by atoms with Gasteiger partial charge in [-0.1, -0.05) is 6.07 Å². The second kappa shape index (κ2) is 14.2. The van der Waals surface area contributed by atoms with Gasteiger partial charge in [0.2, 0.25) is 0 Å². The third kappa shape index (κ3) is 8.14. The summed E-state index contributed by atoms with van der Waals surface area (Å²) >= 11 is 0. The third-order valence-electron chi connectivity index (χ3n) is 5.09. The van der Waals surface area contributed by atoms with Crippen LogP contribution in [0.4, 0.5) is 5.82 Å². The first kappa shape index (κ1) is 24.5. The Hall–Kier alpha value is -1.81. The number of furan rings is 1. The summed E-state index contributed by atoms with van der Waals surface area (Å²) in [4.78, 5) is 11.6. The zero-order valence-electron chi connectivity index (χ0n) is 17.8. The van der Waals surface area contributed by atoms with Crippen LogP contribution >= 0.6 is 24.0 Å². The quantitative estimate of drug-likeness (QED) is 0.179. The minimum Gasteiger partial charge on any atom is -0.468 e. The second-order valence-electron chi connectivity index (χ2n) is 7.27. The predicted octanol–water partition coefficient (Wildman–Crippen LogP) is 3.88. The molecule has 0 saturated carbocycles. The maximum absolute atomic E-state index is 5.70. The van der Waals surface area contributed by atoms with E-state index in [1.54, 1.807) is 12.5 Å². The predicted molar refractivity (Wildman–Crippen MR) is 134 cm³/mol. The number of anilines is 1. The van der Waals surface area contributed by atoms with Crippen LogP contribution in [0.2, 0.25) is 0 Å². The highest BCUT2D eigenvalue weighted by Gasteiger charge is 2.25. The van der Waals surface area contributed by atoms with Gasteiger partial charge in [0.1, 0.15) is 11.6 Å². The van der Waals surface area contributed by atoms with Gasteiger partial charge in [-0.05, 0) is 70.0 Å². The fourth-order valence-electron chi connectivity index (χ4n) is 3.58. The smallest absolute Gasteiger partial charge is 0.191 e. The average molecular weight is 526 g/mol. The lowest BCUT2D eigenvalue weighted by atomic mass is 10.2. The molecule has 1 aliphatic rings. The van der Waals surface area contributed by atoms with Gasteiger partial charge >= 0.3 is 0 Å². The van der Waals surface area contributed by atoms with E-state index in [4.69, 9.17) is 9.41 Å². The Morgan fingerprint density at radius 3 is 2.67 bits per heavy atom. The number of hydrogen-bond donors (Lipinski definition) is 3. The van der Waals surface area contributed by atoms with Crippen molar-refractivity contribution in [1.29, 1.82) is 0 Å². The minimum absolute atomic E-state index is 0. The van der Waals surface area contributed by atoms with E-state index in [-0.39, 0.29) is 30.0 Å². The number of guanidine groups is 1. The lowest BCUT2D eigenvalue weighted by Crippen LogP contribution is -2.39. The largest absolute Gasteiger partial charge is 0.468 e. The van der Waals surface area contributed by atoms with Crippen molar-refractivity contribution in [1.82, 2.24) is 20.5 Å². The number of nitrogens with one attached hydrogen (secondary N) is 3. The van der Waals surface area contributed by atoms with Crippen molar-refractivity contribution in [2.24, 2.45) is 4.99 Å². The Morgan fingerprint density at radius 2 is 1.97 bits per heavy atom. The molecule has 2 aromatic heterocycles. The highest BCUT2D eigenvalue weighted by atomic mass is 127. The van der Waals surface area contributed by atoms with E-state index in [0.29, 0.717) is 6.54 Å². The molecule has 30 heavy (non-hydrogen) atoms. The number of halogens is 1. The van der Waals surface area contributed by atoms with Crippen LogP contribution in [-0.2, 0) is 0 Å². The van der Waals surface area contributed by atoms with Gasteiger partial charge in [-0.3, -0.25) is 9.89 Å². The van der Waals surface area contributed by atoms with Crippen LogP contribution in [0.25, 0.3) is 0 Å². The van der Waals surface area contributed by atoms with Crippen LogP contribution in [0.3, 0.4) is 0 Å². The van der Waals surface area contributed by atoms with Gasteiger partial charge < -0.3 is 20.4 Å². The molecule has 8 heteroatoms. The normalized spacial score (nSPS) is 15.4. The number of unbranched alkanes of at least 4 members (excludes halogenated alkanes) is 1. The molecular weight excluding hydrogens is 491 g/mol. The van der Waals surface area contributed by atoms with Crippen molar-refractivity contribution in [2.75, 3.05) is 44.6 Å². The van der Waals surface area contributed by atoms with E-state index >= 15 is 0 Å². The van der Waals surface area contributed by atoms with E-state index in [2.05, 4.69) is 38.8 Å². The number of rotatable bonds is 11. The van der Waals surface area contributed by atoms with E-state index in [9.17, 15) is 0 Å². The molecule has 1 fully saturated rings. The summed E-state index contributed by atoms with van der Waals surface area (Å²) in [5.74, 6) is 2.81. The standard InChI is InChI=1S/C22H34N6O.HI/c1-2-23-22(26-14-6-5-13-25-21-11-3-4-12-24-21)27-18-19(20-10-9-17-29-20)28-15-7-8-16-28;/h3-4,9-12,17,19H,2,5-8,13-16,18H2,1H3,(H,24,25)(H2,23,26,27);1H. The summed E-state index contributed by atoms with van der Waals surface area (Å²) in [6.07, 6.45) is 8.22. The van der Waals surface area contributed by atoms with Crippen LogP contribution in [0.5, 0.6) is 0 Å². The number of aromatic nitrogens is 1. The number of pyridine rings is 1. The molecular formula is C22H35IN6O. The lowest BCUT2D eigenvalue weighted by Gasteiger charge is -2.24. The number of likely N-dealkylation sites (tertiary alicyclic amines) is 1. The maximum Gasteiger partial charge on any atom is 0.191 e. The lowest BCUT2D eigenvalue weighted by molar-refractivity contribution is 0.221. The summed E-state index contributed by atoms with van der Waals surface area (Å²) in [5, 5.41) is 10.2. The highest BCUT2D eigenvalue weighted by Crippen LogP contribution is 2.25. The first-order chi connectivity index (χ1) is 14.4. The number of aliphatic imine (C=N–C) groups is 1. The van der Waals surface area contributed by atoms with Crippen LogP contribution in [0.1, 0.15) is 44.4 Å². The fraction of sp³-hybridized carbons (Fsp3) is 0.545. The van der Waals surface area contributed by atoms with Crippen LogP contribution in [-0.4, -0.2) is 55.1 Å². The summed E-state index contributed by atoms with van der Waals surface area (Å²) in [6.45, 7) is 7.69. The van der Waals surface area contributed by atoms with Crippen molar-refractivity contribution >= 4 is 35.8 Å². The molecule has 2 aromatic rings. The summed E-state index contributed by atoms with van der Waals surface area (Å²) in [6, 6.07) is 10.2. The molecule has 0 spiro atoms. The van der Waals surface area contributed by atoms with Gasteiger partial charge in [0.25, 0.3) is 0 Å². The monoisotopic (exact) mass is 526 g/mol. The van der Waals surface area contributed by atoms with Crippen LogP contribution < -0.4 is 16.0 Å². The Balaban J connectivity index is 0.00000320. The molecule has 0 aliphatic carbocycles. The van der Waals surface area contributed by atoms with Gasteiger partial charge in [0, 0.05) is 25.8 Å². The third-order valence-corrected chi connectivity index (χ3v) is 5.09. The molecule has 166 valence electrons. The Labute approximate surface area is 197 Å². The van der Waals surface area contributed by atoms with Crippen molar-refractivity contribution in [2.45, 2.75) is 38.6 Å². The molecule has 0 bridgehead atoms. The Kier molecular flexibility index (Phi) is 11.6. The van der Waals surface area contributed by atoms with Gasteiger partial charge in [0.05, 0.1) is 18.8 Å². The van der Waals surface area contributed by atoms with E-state index in [0.717, 1.165) is 63.1 Å². The topological polar surface area (TPSA) is 77.7 Å². The molecule has 3 rings (SSSR count). The fourth-order valence-corrected chi connectivity index (χ4v) is 3.58. The molecule has 3 N–H and O–H groups in total. The van der Waals surface area contributed by atoms with Crippen molar-refractivity contribution in [3.8, 4) is 0 Å². The number of hydrogen-bond acceptors (Lipinski definition) is 5. The molecule has 3 heterocycles. The number of nitrogens with zero attached hydrogens (tertiary/aromatic N) is 3. The molecule has 1 atom stereocenters.